The van der Waals surface area contributed by atoms with Gasteiger partial charge in [-0.1, -0.05) is 48.5 Å². The van der Waals surface area contributed by atoms with Gasteiger partial charge in [0.2, 0.25) is 0 Å². The first-order chi connectivity index (χ1) is 17.0. The van der Waals surface area contributed by atoms with Crippen molar-refractivity contribution in [3.63, 3.8) is 0 Å². The average molecular weight is 467 g/mol. The minimum Gasteiger partial charge on any atom is -0.508 e. The molecule has 0 aliphatic carbocycles. The molecule has 1 aliphatic rings. The summed E-state index contributed by atoms with van der Waals surface area (Å²) in [6.45, 7) is 7.44. The van der Waals surface area contributed by atoms with Crippen molar-refractivity contribution >= 4 is 11.6 Å². The van der Waals surface area contributed by atoms with Gasteiger partial charge in [0.25, 0.3) is 5.91 Å². The summed E-state index contributed by atoms with van der Waals surface area (Å²) in [6, 6.07) is 23.7. The second kappa shape index (κ2) is 9.66. The molecule has 4 aromatic rings. The number of nitrogens with zero attached hydrogens (tertiary/aromatic N) is 4. The lowest BCUT2D eigenvalue weighted by atomic mass is 10.0. The number of phenolic OH excluding ortho intramolecular Hbond substituents is 1. The molecule has 0 saturated carbocycles. The van der Waals surface area contributed by atoms with Crippen molar-refractivity contribution in [2.75, 3.05) is 31.1 Å². The molecular formula is C29H30N4O2. The third kappa shape index (κ3) is 4.92. The third-order valence-electron chi connectivity index (χ3n) is 6.72. The van der Waals surface area contributed by atoms with Crippen LogP contribution >= 0.6 is 0 Å². The smallest absolute Gasteiger partial charge is 0.257 e. The zero-order valence-electron chi connectivity index (χ0n) is 20.2. The number of rotatable bonds is 5. The van der Waals surface area contributed by atoms with Gasteiger partial charge >= 0.3 is 0 Å². The van der Waals surface area contributed by atoms with E-state index in [9.17, 15) is 9.90 Å². The first kappa shape index (κ1) is 22.7. The minimum atomic E-state index is 0.00750. The lowest BCUT2D eigenvalue weighted by Gasteiger charge is -2.36. The van der Waals surface area contributed by atoms with E-state index in [0.717, 1.165) is 22.5 Å². The monoisotopic (exact) mass is 466 g/mol. The largest absolute Gasteiger partial charge is 0.508 e. The topological polar surface area (TPSA) is 61.6 Å². The molecule has 0 atom stereocenters. The molecule has 1 N–H and O–H groups in total. The maximum atomic E-state index is 13.7. The number of amides is 1. The molecule has 0 spiro atoms. The molecule has 1 amide bonds. The van der Waals surface area contributed by atoms with Gasteiger partial charge in [0, 0.05) is 49.7 Å². The van der Waals surface area contributed by atoms with Crippen LogP contribution in [-0.4, -0.2) is 51.9 Å². The Kier molecular flexibility index (Phi) is 6.27. The number of hydrogen-bond donors (Lipinski definition) is 1. The summed E-state index contributed by atoms with van der Waals surface area (Å²) < 4.78 is 1.87. The summed E-state index contributed by atoms with van der Waals surface area (Å²) in [6.07, 6.45) is 1.89. The SMILES string of the molecule is Cc1ccc(-c2nn(Cc3ccccc3)cc2C(=O)N2CCN(c3cccc(O)c3)CC2)cc1C. The zero-order chi connectivity index (χ0) is 24.4. The number of piperazine rings is 1. The first-order valence-electron chi connectivity index (χ1n) is 12.0. The van der Waals surface area contributed by atoms with Crippen LogP contribution in [0.1, 0.15) is 27.0 Å². The summed E-state index contributed by atoms with van der Waals surface area (Å²) in [7, 11) is 0. The molecule has 6 nitrogen and oxygen atoms in total. The Morgan fingerprint density at radius 2 is 1.66 bits per heavy atom. The van der Waals surface area contributed by atoms with Gasteiger partial charge in [-0.15, -0.1) is 0 Å². The van der Waals surface area contributed by atoms with Gasteiger partial charge in [-0.2, -0.15) is 5.10 Å². The van der Waals surface area contributed by atoms with E-state index in [4.69, 9.17) is 5.10 Å². The molecule has 1 fully saturated rings. The number of aromatic nitrogens is 2. The van der Waals surface area contributed by atoms with Crippen LogP contribution < -0.4 is 4.90 Å². The molecule has 35 heavy (non-hydrogen) atoms. The number of carbonyl (C=O) groups excluding carboxylic acids is 1. The second-order valence-corrected chi connectivity index (χ2v) is 9.17. The van der Waals surface area contributed by atoms with Gasteiger partial charge < -0.3 is 14.9 Å². The lowest BCUT2D eigenvalue weighted by Crippen LogP contribution is -2.48. The van der Waals surface area contributed by atoms with Crippen molar-refractivity contribution in [1.82, 2.24) is 14.7 Å². The van der Waals surface area contributed by atoms with E-state index in [0.29, 0.717) is 38.3 Å². The van der Waals surface area contributed by atoms with Crippen LogP contribution in [-0.2, 0) is 6.54 Å². The van der Waals surface area contributed by atoms with Crippen molar-refractivity contribution in [2.45, 2.75) is 20.4 Å². The van der Waals surface area contributed by atoms with Crippen LogP contribution in [0.5, 0.6) is 5.75 Å². The molecule has 2 heterocycles. The Bertz CT molecular complexity index is 1340. The van der Waals surface area contributed by atoms with Crippen LogP contribution in [0.15, 0.2) is 79.0 Å². The number of aryl methyl sites for hydroxylation is 2. The fraction of sp³-hybridized carbons (Fsp3) is 0.241. The van der Waals surface area contributed by atoms with Gasteiger partial charge in [0.1, 0.15) is 11.4 Å². The van der Waals surface area contributed by atoms with Gasteiger partial charge in [-0.25, -0.2) is 0 Å². The summed E-state index contributed by atoms with van der Waals surface area (Å²) in [5, 5.41) is 14.7. The van der Waals surface area contributed by atoms with E-state index in [1.54, 1.807) is 12.1 Å². The predicted molar refractivity (Wildman–Crippen MR) is 139 cm³/mol. The highest BCUT2D eigenvalue weighted by atomic mass is 16.3. The molecule has 0 radical (unpaired) electrons. The van der Waals surface area contributed by atoms with E-state index in [-0.39, 0.29) is 11.7 Å². The predicted octanol–water partition coefficient (Wildman–Crippen LogP) is 4.88. The Morgan fingerprint density at radius 3 is 2.37 bits per heavy atom. The fourth-order valence-corrected chi connectivity index (χ4v) is 4.56. The standard InChI is InChI=1S/C29H30N4O2/c1-21-11-12-24(17-22(21)2)28-27(20-33(30-28)19-23-7-4-3-5-8-23)29(35)32-15-13-31(14-16-32)25-9-6-10-26(34)18-25/h3-12,17-18,20,34H,13-16,19H2,1-2H3. The molecule has 0 bridgehead atoms. The molecule has 3 aromatic carbocycles. The highest BCUT2D eigenvalue weighted by Gasteiger charge is 2.27. The van der Waals surface area contributed by atoms with E-state index in [2.05, 4.69) is 43.0 Å². The summed E-state index contributed by atoms with van der Waals surface area (Å²) in [5.74, 6) is 0.262. The fourth-order valence-electron chi connectivity index (χ4n) is 4.56. The number of carbonyl (C=O) groups is 1. The van der Waals surface area contributed by atoms with E-state index < -0.39 is 0 Å². The normalized spacial score (nSPS) is 13.8. The molecule has 178 valence electrons. The van der Waals surface area contributed by atoms with Crippen molar-refractivity contribution in [1.29, 1.82) is 0 Å². The van der Waals surface area contributed by atoms with Crippen LogP contribution in [0.2, 0.25) is 0 Å². The summed E-state index contributed by atoms with van der Waals surface area (Å²) in [5.41, 5.74) is 6.83. The van der Waals surface area contributed by atoms with Crippen LogP contribution in [0.3, 0.4) is 0 Å². The van der Waals surface area contributed by atoms with E-state index >= 15 is 0 Å². The lowest BCUT2D eigenvalue weighted by molar-refractivity contribution is 0.0747. The van der Waals surface area contributed by atoms with Crippen molar-refractivity contribution in [3.8, 4) is 17.0 Å². The van der Waals surface area contributed by atoms with E-state index in [1.165, 1.54) is 11.1 Å². The Morgan fingerprint density at radius 1 is 0.886 bits per heavy atom. The molecule has 1 saturated heterocycles. The summed E-state index contributed by atoms with van der Waals surface area (Å²) in [4.78, 5) is 17.8. The van der Waals surface area contributed by atoms with Crippen molar-refractivity contribution in [3.05, 3.63) is 101 Å². The summed E-state index contributed by atoms with van der Waals surface area (Å²) >= 11 is 0. The molecule has 1 aliphatic heterocycles. The van der Waals surface area contributed by atoms with Crippen molar-refractivity contribution in [2.24, 2.45) is 0 Å². The maximum absolute atomic E-state index is 13.7. The molecule has 6 heteroatoms. The highest BCUT2D eigenvalue weighted by Crippen LogP contribution is 2.27. The quantitative estimate of drug-likeness (QED) is 0.455. The van der Waals surface area contributed by atoms with Gasteiger partial charge in [0.05, 0.1) is 12.1 Å². The molecule has 5 rings (SSSR count). The number of phenols is 1. The van der Waals surface area contributed by atoms with Crippen LogP contribution in [0, 0.1) is 13.8 Å². The third-order valence-corrected chi connectivity index (χ3v) is 6.72. The van der Waals surface area contributed by atoms with Gasteiger partial charge in [0.15, 0.2) is 0 Å². The minimum absolute atomic E-state index is 0.00750. The zero-order valence-corrected chi connectivity index (χ0v) is 20.2. The number of aromatic hydroxyl groups is 1. The number of anilines is 1. The van der Waals surface area contributed by atoms with Crippen LogP contribution in [0.25, 0.3) is 11.3 Å². The Labute approximate surface area is 206 Å². The van der Waals surface area contributed by atoms with E-state index in [1.807, 2.05) is 52.2 Å². The molecule has 1 aromatic heterocycles. The van der Waals surface area contributed by atoms with Crippen LogP contribution in [0.4, 0.5) is 5.69 Å². The maximum Gasteiger partial charge on any atom is 0.257 e. The number of hydrogen-bond acceptors (Lipinski definition) is 4. The highest BCUT2D eigenvalue weighted by molar-refractivity contribution is 6.00. The average Bonchev–Trinajstić information content (AvgIpc) is 3.29. The van der Waals surface area contributed by atoms with Crippen molar-refractivity contribution < 1.29 is 9.90 Å². The first-order valence-corrected chi connectivity index (χ1v) is 12.0. The molecular weight excluding hydrogens is 436 g/mol. The van der Waals surface area contributed by atoms with Gasteiger partial charge in [-0.05, 0) is 48.7 Å². The Balaban J connectivity index is 1.41. The van der Waals surface area contributed by atoms with Gasteiger partial charge in [-0.3, -0.25) is 9.48 Å². The number of benzene rings is 3. The second-order valence-electron chi connectivity index (χ2n) is 9.17. The Hall–Kier alpha value is -4.06. The molecule has 0 unspecified atom stereocenters.